The van der Waals surface area contributed by atoms with Crippen molar-refractivity contribution >= 4 is 0 Å². The summed E-state index contributed by atoms with van der Waals surface area (Å²) in [7, 11) is 0. The molecule has 13 heavy (non-hydrogen) atoms. The van der Waals surface area contributed by atoms with Crippen molar-refractivity contribution in [2.24, 2.45) is 0 Å². The first kappa shape index (κ1) is 8.70. The third kappa shape index (κ3) is 1.35. The molecule has 0 spiro atoms. The minimum absolute atomic E-state index is 0.0439. The van der Waals surface area contributed by atoms with E-state index in [1.54, 1.807) is 6.07 Å². The van der Waals surface area contributed by atoms with E-state index in [1.807, 2.05) is 6.92 Å². The molecule has 0 aromatic heterocycles. The first-order valence-corrected chi connectivity index (χ1v) is 4.55. The molecule has 0 saturated heterocycles. The summed E-state index contributed by atoms with van der Waals surface area (Å²) >= 11 is 0. The fourth-order valence-corrected chi connectivity index (χ4v) is 1.89. The van der Waals surface area contributed by atoms with Crippen molar-refractivity contribution in [1.29, 1.82) is 0 Å². The Labute approximate surface area is 77.2 Å². The van der Waals surface area contributed by atoms with Gasteiger partial charge in [0.05, 0.1) is 6.61 Å². The fraction of sp³-hybridized carbons (Fsp3) is 0.455. The zero-order chi connectivity index (χ0) is 9.47. The molecule has 0 bridgehead atoms. The van der Waals surface area contributed by atoms with Crippen LogP contribution in [0.5, 0.6) is 0 Å². The van der Waals surface area contributed by atoms with Gasteiger partial charge in [0.25, 0.3) is 0 Å². The Morgan fingerprint density at radius 1 is 1.46 bits per heavy atom. The molecule has 2 heteroatoms. The normalized spacial score (nSPS) is 18.7. The summed E-state index contributed by atoms with van der Waals surface area (Å²) in [6.45, 7) is 2.08. The molecule has 0 radical (unpaired) electrons. The predicted octanol–water partition coefficient (Wildman–Crippen LogP) is 2.16. The molecule has 0 heterocycles. The highest BCUT2D eigenvalue weighted by atomic mass is 19.1. The molecule has 0 aliphatic heterocycles. The molecular weight excluding hydrogens is 167 g/mol. The van der Waals surface area contributed by atoms with Crippen molar-refractivity contribution in [1.82, 2.24) is 0 Å². The van der Waals surface area contributed by atoms with Gasteiger partial charge in [-0.1, -0.05) is 6.07 Å². The lowest BCUT2D eigenvalue weighted by atomic mass is 9.93. The molecule has 1 nitrogen and oxygen atoms in total. The van der Waals surface area contributed by atoms with Gasteiger partial charge in [0.1, 0.15) is 5.82 Å². The van der Waals surface area contributed by atoms with Crippen LogP contribution in [-0.4, -0.2) is 11.7 Å². The SMILES string of the molecule is Cc1cc(F)ccc1C1(CO)CC1. The van der Waals surface area contributed by atoms with E-state index >= 15 is 0 Å². The van der Waals surface area contributed by atoms with Crippen molar-refractivity contribution in [2.75, 3.05) is 6.61 Å². The number of hydrogen-bond acceptors (Lipinski definition) is 1. The van der Waals surface area contributed by atoms with Crippen molar-refractivity contribution in [3.05, 3.63) is 35.1 Å². The van der Waals surface area contributed by atoms with Gasteiger partial charge in [-0.05, 0) is 43.0 Å². The zero-order valence-electron chi connectivity index (χ0n) is 7.68. The predicted molar refractivity (Wildman–Crippen MR) is 49.1 cm³/mol. The van der Waals surface area contributed by atoms with Crippen LogP contribution in [0.25, 0.3) is 0 Å². The summed E-state index contributed by atoms with van der Waals surface area (Å²) in [5, 5.41) is 9.21. The highest BCUT2D eigenvalue weighted by Gasteiger charge is 2.44. The van der Waals surface area contributed by atoms with Crippen molar-refractivity contribution in [3.8, 4) is 0 Å². The molecule has 70 valence electrons. The molecule has 0 amide bonds. The lowest BCUT2D eigenvalue weighted by Gasteiger charge is -2.14. The molecule has 1 saturated carbocycles. The van der Waals surface area contributed by atoms with Crippen LogP contribution < -0.4 is 0 Å². The summed E-state index contributed by atoms with van der Waals surface area (Å²) in [6, 6.07) is 4.80. The standard InChI is InChI=1S/C11H13FO/c1-8-6-9(12)2-3-10(8)11(7-13)4-5-11/h2-3,6,13H,4-5,7H2,1H3. The lowest BCUT2D eigenvalue weighted by Crippen LogP contribution is -2.13. The Balaban J connectivity index is 2.41. The quantitative estimate of drug-likeness (QED) is 0.739. The summed E-state index contributed by atoms with van der Waals surface area (Å²) < 4.78 is 12.8. The van der Waals surface area contributed by atoms with Crippen LogP contribution in [0.15, 0.2) is 18.2 Å². The van der Waals surface area contributed by atoms with E-state index in [-0.39, 0.29) is 17.8 Å². The van der Waals surface area contributed by atoms with Gasteiger partial charge in [0, 0.05) is 5.41 Å². The first-order valence-electron chi connectivity index (χ1n) is 4.55. The molecule has 1 aromatic rings. The molecule has 2 rings (SSSR count). The number of aliphatic hydroxyl groups is 1. The summed E-state index contributed by atoms with van der Waals surface area (Å²) in [6.07, 6.45) is 2.05. The number of benzene rings is 1. The second-order valence-corrected chi connectivity index (χ2v) is 3.90. The van der Waals surface area contributed by atoms with Gasteiger partial charge >= 0.3 is 0 Å². The van der Waals surface area contributed by atoms with Crippen molar-refractivity contribution in [2.45, 2.75) is 25.2 Å². The van der Waals surface area contributed by atoms with Crippen LogP contribution in [-0.2, 0) is 5.41 Å². The van der Waals surface area contributed by atoms with E-state index in [9.17, 15) is 9.50 Å². The third-order valence-corrected chi connectivity index (χ3v) is 2.92. The van der Waals surface area contributed by atoms with Crippen molar-refractivity contribution < 1.29 is 9.50 Å². The van der Waals surface area contributed by atoms with Gasteiger partial charge in [0.2, 0.25) is 0 Å². The van der Waals surface area contributed by atoms with E-state index in [0.717, 1.165) is 24.0 Å². The van der Waals surface area contributed by atoms with Gasteiger partial charge in [-0.2, -0.15) is 0 Å². The number of hydrogen-bond donors (Lipinski definition) is 1. The average molecular weight is 180 g/mol. The minimum Gasteiger partial charge on any atom is -0.395 e. The topological polar surface area (TPSA) is 20.2 Å². The molecule has 1 fully saturated rings. The lowest BCUT2D eigenvalue weighted by molar-refractivity contribution is 0.254. The Kier molecular flexibility index (Phi) is 1.88. The molecule has 0 unspecified atom stereocenters. The van der Waals surface area contributed by atoms with E-state index in [1.165, 1.54) is 12.1 Å². The molecular formula is C11H13FO. The fourth-order valence-electron chi connectivity index (χ4n) is 1.89. The molecule has 1 aliphatic rings. The number of aryl methyl sites for hydroxylation is 1. The maximum Gasteiger partial charge on any atom is 0.123 e. The van der Waals surface area contributed by atoms with Gasteiger partial charge in [-0.25, -0.2) is 4.39 Å². The summed E-state index contributed by atoms with van der Waals surface area (Å²) in [5.74, 6) is -0.199. The number of aliphatic hydroxyl groups excluding tert-OH is 1. The maximum absolute atomic E-state index is 12.8. The van der Waals surface area contributed by atoms with E-state index < -0.39 is 0 Å². The molecule has 1 aliphatic carbocycles. The largest absolute Gasteiger partial charge is 0.395 e. The first-order chi connectivity index (χ1) is 6.18. The van der Waals surface area contributed by atoms with Crippen LogP contribution in [0.1, 0.15) is 24.0 Å². The van der Waals surface area contributed by atoms with Gasteiger partial charge in [0.15, 0.2) is 0 Å². The minimum atomic E-state index is -0.199. The number of rotatable bonds is 2. The Morgan fingerprint density at radius 2 is 2.15 bits per heavy atom. The molecule has 1 aromatic carbocycles. The summed E-state index contributed by atoms with van der Waals surface area (Å²) in [5.41, 5.74) is 2.01. The third-order valence-electron chi connectivity index (χ3n) is 2.92. The highest BCUT2D eigenvalue weighted by molar-refractivity contribution is 5.38. The smallest absolute Gasteiger partial charge is 0.123 e. The zero-order valence-corrected chi connectivity index (χ0v) is 7.68. The Hall–Kier alpha value is -0.890. The molecule has 1 N–H and O–H groups in total. The van der Waals surface area contributed by atoms with E-state index in [4.69, 9.17) is 0 Å². The molecule has 0 atom stereocenters. The number of halogens is 1. The summed E-state index contributed by atoms with van der Waals surface area (Å²) in [4.78, 5) is 0. The van der Waals surface area contributed by atoms with Gasteiger partial charge in [-0.3, -0.25) is 0 Å². The van der Waals surface area contributed by atoms with Crippen LogP contribution in [0.2, 0.25) is 0 Å². The second-order valence-electron chi connectivity index (χ2n) is 3.90. The maximum atomic E-state index is 12.8. The van der Waals surface area contributed by atoms with Crippen LogP contribution in [0, 0.1) is 12.7 Å². The average Bonchev–Trinajstić information content (AvgIpc) is 2.85. The highest BCUT2D eigenvalue weighted by Crippen LogP contribution is 2.48. The van der Waals surface area contributed by atoms with E-state index in [0.29, 0.717) is 0 Å². The monoisotopic (exact) mass is 180 g/mol. The van der Waals surface area contributed by atoms with Crippen molar-refractivity contribution in [3.63, 3.8) is 0 Å². The van der Waals surface area contributed by atoms with E-state index in [2.05, 4.69) is 0 Å². The second kappa shape index (κ2) is 2.81. The van der Waals surface area contributed by atoms with Gasteiger partial charge < -0.3 is 5.11 Å². The van der Waals surface area contributed by atoms with Crippen LogP contribution >= 0.6 is 0 Å². The Morgan fingerprint density at radius 3 is 2.62 bits per heavy atom. The van der Waals surface area contributed by atoms with Gasteiger partial charge in [-0.15, -0.1) is 0 Å². The Bertz CT molecular complexity index is 329. The van der Waals surface area contributed by atoms with Crippen LogP contribution in [0.3, 0.4) is 0 Å². The van der Waals surface area contributed by atoms with Crippen LogP contribution in [0.4, 0.5) is 4.39 Å².